The number of rotatable bonds is 4. The van der Waals surface area contributed by atoms with E-state index in [1.165, 1.54) is 19.2 Å². The molecule has 8 heteroatoms. The zero-order valence-electron chi connectivity index (χ0n) is 15.4. The van der Waals surface area contributed by atoms with Crippen LogP contribution in [0.3, 0.4) is 0 Å². The van der Waals surface area contributed by atoms with E-state index in [4.69, 9.17) is 9.47 Å². The summed E-state index contributed by atoms with van der Waals surface area (Å²) in [5, 5.41) is 0. The molecule has 1 aliphatic heterocycles. The molecule has 1 aliphatic rings. The number of ether oxygens (including phenoxy) is 2. The fourth-order valence-corrected chi connectivity index (χ4v) is 3.46. The van der Waals surface area contributed by atoms with Gasteiger partial charge >= 0.3 is 5.97 Å². The standard InChI is InChI=1S/C20H20FN3O4/c1-27-20(26)18-12-17-16(6-7-23(17)15-4-2-14(21)3-5-15)24(18)13-19(25)22-8-10-28-11-9-22/h2-7,12H,8-11,13H2,1H3. The van der Waals surface area contributed by atoms with E-state index in [9.17, 15) is 14.0 Å². The minimum absolute atomic E-state index is 0.0291. The summed E-state index contributed by atoms with van der Waals surface area (Å²) < 4.78 is 27.0. The first kappa shape index (κ1) is 18.2. The van der Waals surface area contributed by atoms with Crippen molar-refractivity contribution in [1.82, 2.24) is 14.0 Å². The molecule has 1 fully saturated rings. The van der Waals surface area contributed by atoms with E-state index in [-0.39, 0.29) is 18.3 Å². The second-order valence-electron chi connectivity index (χ2n) is 6.53. The summed E-state index contributed by atoms with van der Waals surface area (Å²) in [5.41, 5.74) is 2.52. The van der Waals surface area contributed by atoms with E-state index in [0.717, 1.165) is 16.7 Å². The third-order valence-electron chi connectivity index (χ3n) is 4.91. The number of amides is 1. The Kier molecular flexibility index (Phi) is 4.87. The van der Waals surface area contributed by atoms with Crippen LogP contribution >= 0.6 is 0 Å². The molecule has 0 bridgehead atoms. The number of nitrogens with zero attached hydrogens (tertiary/aromatic N) is 3. The molecule has 0 aliphatic carbocycles. The van der Waals surface area contributed by atoms with Gasteiger partial charge in [0.25, 0.3) is 0 Å². The van der Waals surface area contributed by atoms with Crippen LogP contribution in [0.15, 0.2) is 42.6 Å². The van der Waals surface area contributed by atoms with Crippen molar-refractivity contribution in [3.05, 3.63) is 54.1 Å². The molecule has 3 aromatic rings. The Bertz CT molecular complexity index is 1020. The third-order valence-corrected chi connectivity index (χ3v) is 4.91. The summed E-state index contributed by atoms with van der Waals surface area (Å²) in [6, 6.07) is 9.59. The van der Waals surface area contributed by atoms with Gasteiger partial charge in [0.1, 0.15) is 18.1 Å². The number of methoxy groups -OCH3 is 1. The predicted molar refractivity (Wildman–Crippen MR) is 100.0 cm³/mol. The molecule has 3 heterocycles. The fraction of sp³-hybridized carbons (Fsp3) is 0.300. The van der Waals surface area contributed by atoms with Crippen molar-refractivity contribution in [1.29, 1.82) is 0 Å². The number of carbonyl (C=O) groups excluding carboxylic acids is 2. The van der Waals surface area contributed by atoms with Crippen LogP contribution in [0.1, 0.15) is 10.5 Å². The molecule has 0 unspecified atom stereocenters. The van der Waals surface area contributed by atoms with Gasteiger partial charge in [-0.25, -0.2) is 9.18 Å². The van der Waals surface area contributed by atoms with Crippen molar-refractivity contribution >= 4 is 22.9 Å². The van der Waals surface area contributed by atoms with Crippen molar-refractivity contribution in [3.63, 3.8) is 0 Å². The van der Waals surface area contributed by atoms with Gasteiger partial charge in [-0.3, -0.25) is 4.79 Å². The Morgan fingerprint density at radius 3 is 2.50 bits per heavy atom. The summed E-state index contributed by atoms with van der Waals surface area (Å²) in [6.07, 6.45) is 1.83. The lowest BCUT2D eigenvalue weighted by Gasteiger charge is -2.27. The Labute approximate surface area is 160 Å². The zero-order valence-corrected chi connectivity index (χ0v) is 15.4. The van der Waals surface area contributed by atoms with Crippen molar-refractivity contribution in [2.75, 3.05) is 33.4 Å². The average Bonchev–Trinajstić information content (AvgIpc) is 3.29. The van der Waals surface area contributed by atoms with Crippen molar-refractivity contribution in [2.45, 2.75) is 6.54 Å². The molecule has 4 rings (SSSR count). The molecule has 0 atom stereocenters. The van der Waals surface area contributed by atoms with Gasteiger partial charge in [-0.1, -0.05) is 0 Å². The predicted octanol–water partition coefficient (Wildman–Crippen LogP) is 2.22. The van der Waals surface area contributed by atoms with Gasteiger partial charge in [-0.05, 0) is 36.4 Å². The quantitative estimate of drug-likeness (QED) is 0.646. The number of benzene rings is 1. The molecule has 0 saturated carbocycles. The summed E-state index contributed by atoms with van der Waals surface area (Å²) in [7, 11) is 1.31. The highest BCUT2D eigenvalue weighted by atomic mass is 19.1. The lowest BCUT2D eigenvalue weighted by molar-refractivity contribution is -0.135. The van der Waals surface area contributed by atoms with Crippen LogP contribution in [0.25, 0.3) is 16.7 Å². The van der Waals surface area contributed by atoms with Crippen molar-refractivity contribution in [3.8, 4) is 5.69 Å². The number of esters is 1. The summed E-state index contributed by atoms with van der Waals surface area (Å²) in [6.45, 7) is 2.12. The molecule has 1 amide bonds. The number of aromatic nitrogens is 2. The first-order valence-electron chi connectivity index (χ1n) is 8.99. The second kappa shape index (κ2) is 7.47. The van der Waals surface area contributed by atoms with Crippen LogP contribution in [-0.2, 0) is 20.8 Å². The first-order valence-corrected chi connectivity index (χ1v) is 8.99. The van der Waals surface area contributed by atoms with Gasteiger partial charge in [-0.2, -0.15) is 0 Å². The molecule has 1 aromatic carbocycles. The molecule has 0 N–H and O–H groups in total. The molecule has 0 spiro atoms. The molecule has 2 aromatic heterocycles. The van der Waals surface area contributed by atoms with Gasteiger partial charge in [0.15, 0.2) is 0 Å². The molecule has 7 nitrogen and oxygen atoms in total. The SMILES string of the molecule is COC(=O)c1cc2c(ccn2-c2ccc(F)cc2)n1CC(=O)N1CCOCC1. The zero-order chi connectivity index (χ0) is 19.7. The van der Waals surface area contributed by atoms with E-state index in [1.807, 2.05) is 16.8 Å². The third kappa shape index (κ3) is 3.27. The number of halogens is 1. The number of hydrogen-bond acceptors (Lipinski definition) is 4. The molecular formula is C20H20FN3O4. The molecule has 28 heavy (non-hydrogen) atoms. The first-order chi connectivity index (χ1) is 13.6. The summed E-state index contributed by atoms with van der Waals surface area (Å²) in [4.78, 5) is 26.8. The normalized spacial score (nSPS) is 14.4. The highest BCUT2D eigenvalue weighted by molar-refractivity contribution is 5.96. The molecule has 1 saturated heterocycles. The lowest BCUT2D eigenvalue weighted by atomic mass is 10.3. The molecule has 146 valence electrons. The maximum Gasteiger partial charge on any atom is 0.354 e. The largest absolute Gasteiger partial charge is 0.464 e. The van der Waals surface area contributed by atoms with Gasteiger partial charge in [0, 0.05) is 25.0 Å². The Morgan fingerprint density at radius 1 is 1.11 bits per heavy atom. The Balaban J connectivity index is 1.74. The molecule has 0 radical (unpaired) electrons. The van der Waals surface area contributed by atoms with Crippen LogP contribution in [0.2, 0.25) is 0 Å². The average molecular weight is 385 g/mol. The van der Waals surface area contributed by atoms with Gasteiger partial charge in [-0.15, -0.1) is 0 Å². The Morgan fingerprint density at radius 2 is 1.82 bits per heavy atom. The monoisotopic (exact) mass is 385 g/mol. The number of morpholine rings is 1. The Hall–Kier alpha value is -3.13. The highest BCUT2D eigenvalue weighted by Gasteiger charge is 2.23. The van der Waals surface area contributed by atoms with Crippen LogP contribution in [0, 0.1) is 5.82 Å². The van der Waals surface area contributed by atoms with Crippen molar-refractivity contribution in [2.24, 2.45) is 0 Å². The second-order valence-corrected chi connectivity index (χ2v) is 6.53. The maximum atomic E-state index is 13.3. The van der Waals surface area contributed by atoms with Gasteiger partial charge < -0.3 is 23.5 Å². The summed E-state index contributed by atoms with van der Waals surface area (Å²) in [5.74, 6) is -0.923. The van der Waals surface area contributed by atoms with Crippen LogP contribution in [-0.4, -0.2) is 59.3 Å². The van der Waals surface area contributed by atoms with E-state index < -0.39 is 5.97 Å². The van der Waals surface area contributed by atoms with Gasteiger partial charge in [0.2, 0.25) is 5.91 Å². The van der Waals surface area contributed by atoms with Crippen molar-refractivity contribution < 1.29 is 23.5 Å². The number of fused-ring (bicyclic) bond motifs is 1. The van der Waals surface area contributed by atoms with Crippen LogP contribution in [0.5, 0.6) is 0 Å². The van der Waals surface area contributed by atoms with E-state index >= 15 is 0 Å². The molecular weight excluding hydrogens is 365 g/mol. The smallest absolute Gasteiger partial charge is 0.354 e. The highest BCUT2D eigenvalue weighted by Crippen LogP contribution is 2.25. The number of hydrogen-bond donors (Lipinski definition) is 0. The van der Waals surface area contributed by atoms with E-state index in [0.29, 0.717) is 32.0 Å². The van der Waals surface area contributed by atoms with Crippen LogP contribution in [0.4, 0.5) is 4.39 Å². The van der Waals surface area contributed by atoms with E-state index in [1.54, 1.807) is 27.7 Å². The number of carbonyl (C=O) groups is 2. The lowest BCUT2D eigenvalue weighted by Crippen LogP contribution is -2.42. The fourth-order valence-electron chi connectivity index (χ4n) is 3.46. The van der Waals surface area contributed by atoms with Crippen LogP contribution < -0.4 is 0 Å². The van der Waals surface area contributed by atoms with E-state index in [2.05, 4.69) is 0 Å². The maximum absolute atomic E-state index is 13.3. The summed E-state index contributed by atoms with van der Waals surface area (Å²) >= 11 is 0. The van der Waals surface area contributed by atoms with Gasteiger partial charge in [0.05, 0.1) is 31.4 Å². The topological polar surface area (TPSA) is 65.7 Å². The minimum atomic E-state index is -0.517. The minimum Gasteiger partial charge on any atom is -0.464 e.